The zero-order chi connectivity index (χ0) is 29.1. The molecule has 16 nitrogen and oxygen atoms in total. The van der Waals surface area contributed by atoms with Crippen molar-refractivity contribution in [2.24, 2.45) is 5.16 Å². The second-order valence-electron chi connectivity index (χ2n) is 8.28. The number of carboxylic acid groups (broad SMARTS) is 2. The molecule has 0 spiro atoms. The van der Waals surface area contributed by atoms with Crippen LogP contribution in [0.25, 0.3) is 0 Å². The molecular formula is C21H23N9O7S3. The molecule has 2 aromatic heterocycles. The lowest BCUT2D eigenvalue weighted by molar-refractivity contribution is -0.682. The summed E-state index contributed by atoms with van der Waals surface area (Å²) >= 11 is 3.39. The molecule has 1 unspecified atom stereocenters. The van der Waals surface area contributed by atoms with Crippen molar-refractivity contribution in [1.82, 2.24) is 20.2 Å². The van der Waals surface area contributed by atoms with Crippen LogP contribution in [-0.4, -0.2) is 78.5 Å². The minimum atomic E-state index is -1.55. The van der Waals surface area contributed by atoms with Crippen molar-refractivity contribution in [3.8, 4) is 0 Å². The molecule has 19 heteroatoms. The molecule has 1 fully saturated rings. The highest BCUT2D eigenvalue weighted by molar-refractivity contribution is 8.01. The molecule has 2 aromatic rings. The van der Waals surface area contributed by atoms with Gasteiger partial charge in [0.05, 0.1) is 11.7 Å². The molecule has 40 heavy (non-hydrogen) atoms. The van der Waals surface area contributed by atoms with Crippen LogP contribution in [0.3, 0.4) is 0 Å². The Bertz CT molecular complexity index is 1430. The molecule has 0 radical (unpaired) electrons. The van der Waals surface area contributed by atoms with E-state index < -0.39 is 47.0 Å². The van der Waals surface area contributed by atoms with Crippen LogP contribution in [0, 0.1) is 0 Å². The Morgan fingerprint density at radius 1 is 1.40 bits per heavy atom. The summed E-state index contributed by atoms with van der Waals surface area (Å²) in [5.41, 5.74) is 11.1. The van der Waals surface area contributed by atoms with E-state index in [9.17, 15) is 29.4 Å². The van der Waals surface area contributed by atoms with Crippen molar-refractivity contribution in [2.45, 2.75) is 36.0 Å². The first-order valence-corrected chi connectivity index (χ1v) is 14.4. The predicted molar refractivity (Wildman–Crippen MR) is 143 cm³/mol. The predicted octanol–water partition coefficient (Wildman–Crippen LogP) is -2.52. The van der Waals surface area contributed by atoms with Crippen LogP contribution in [-0.2, 0) is 24.0 Å². The fourth-order valence-electron chi connectivity index (χ4n) is 3.69. The van der Waals surface area contributed by atoms with Gasteiger partial charge in [-0.3, -0.25) is 20.3 Å². The first kappa shape index (κ1) is 28.9. The first-order valence-electron chi connectivity index (χ1n) is 11.4. The summed E-state index contributed by atoms with van der Waals surface area (Å²) < 4.78 is 1.23. The number of carbonyl (C=O) groups is 4. The average molecular weight is 610 g/mol. The standard InChI is InChI=1S/C21H23N9O7S3/c1-2-10(18(33)34)37-28-12(9-7-39-20(23)25-9)15(31)27-13-16(32)30-14(19(35)36)8(5-38-17(13)30)6-40-21-26-11(22)3-4-29(21)24/h3-4,7,10,13,17,22H,2,5-6,24H2,1H3,(H5,23,25,27,31,33,34,35,36)/b28-12-/t10-,13?,17-/m1/s1. The number of amides is 2. The molecule has 4 rings (SSSR count). The van der Waals surface area contributed by atoms with Crippen LogP contribution >= 0.6 is 34.9 Å². The number of nitrogens with two attached hydrogens (primary N) is 3. The second kappa shape index (κ2) is 12.0. The van der Waals surface area contributed by atoms with Crippen LogP contribution in [0.2, 0.25) is 0 Å². The number of hydrogen-bond donors (Lipinski definition) is 5. The molecular weight excluding hydrogens is 586 g/mol. The average Bonchev–Trinajstić information content (AvgIpc) is 3.34. The lowest BCUT2D eigenvalue weighted by Gasteiger charge is -2.50. The summed E-state index contributed by atoms with van der Waals surface area (Å²) in [6, 6.07) is 0.398. The van der Waals surface area contributed by atoms with Gasteiger partial charge in [0.1, 0.15) is 23.3 Å². The maximum Gasteiger partial charge on any atom is 0.384 e. The van der Waals surface area contributed by atoms with Crippen LogP contribution in [0.4, 0.5) is 10.9 Å². The Morgan fingerprint density at radius 3 is 2.77 bits per heavy atom. The van der Waals surface area contributed by atoms with Crippen molar-refractivity contribution in [1.29, 1.82) is 0 Å². The number of aliphatic carboxylic acids is 2. The minimum Gasteiger partial charge on any atom is -0.543 e. The van der Waals surface area contributed by atoms with Gasteiger partial charge in [-0.2, -0.15) is 0 Å². The van der Waals surface area contributed by atoms with E-state index >= 15 is 0 Å². The monoisotopic (exact) mass is 609 g/mol. The van der Waals surface area contributed by atoms with E-state index in [4.69, 9.17) is 22.1 Å². The molecule has 0 saturated carbocycles. The van der Waals surface area contributed by atoms with E-state index in [-0.39, 0.29) is 40.3 Å². The molecule has 212 valence electrons. The van der Waals surface area contributed by atoms with E-state index in [1.54, 1.807) is 6.92 Å². The van der Waals surface area contributed by atoms with Gasteiger partial charge in [-0.1, -0.05) is 12.1 Å². The Labute approximate surface area is 238 Å². The summed E-state index contributed by atoms with van der Waals surface area (Å²) in [6.07, 6.45) is 0.250. The number of thioether (sulfide) groups is 2. The fourth-order valence-corrected chi connectivity index (χ4v) is 6.63. The van der Waals surface area contributed by atoms with Gasteiger partial charge in [0, 0.05) is 23.0 Å². The largest absolute Gasteiger partial charge is 0.543 e. The Balaban J connectivity index is 1.52. The number of carboxylic acids is 2. The normalized spacial score (nSPS) is 19.5. The van der Waals surface area contributed by atoms with Crippen molar-refractivity contribution < 1.29 is 38.9 Å². The quantitative estimate of drug-likeness (QED) is 0.0335. The number of thiazole rings is 1. The molecule has 4 heterocycles. The van der Waals surface area contributed by atoms with E-state index in [1.165, 1.54) is 34.1 Å². The number of nitrogen functional groups attached to an aromatic ring is 3. The highest BCUT2D eigenvalue weighted by atomic mass is 32.2. The van der Waals surface area contributed by atoms with E-state index in [0.717, 1.165) is 28.0 Å². The van der Waals surface area contributed by atoms with Gasteiger partial charge in [-0.15, -0.1) is 27.8 Å². The van der Waals surface area contributed by atoms with Gasteiger partial charge in [-0.05, 0) is 28.7 Å². The van der Waals surface area contributed by atoms with Gasteiger partial charge in [-0.25, -0.2) is 9.78 Å². The van der Waals surface area contributed by atoms with Crippen molar-refractivity contribution >= 4 is 75.3 Å². The Morgan fingerprint density at radius 2 is 2.15 bits per heavy atom. The summed E-state index contributed by atoms with van der Waals surface area (Å²) in [5, 5.41) is 28.6. The number of nitrogens with zero attached hydrogens (tertiary/aromatic N) is 5. The number of aromatic nitrogens is 3. The Kier molecular flexibility index (Phi) is 8.64. The van der Waals surface area contributed by atoms with Gasteiger partial charge in [0.2, 0.25) is 11.9 Å². The maximum absolute atomic E-state index is 13.1. The molecule has 2 aliphatic heterocycles. The molecule has 8 N–H and O–H groups in total. The van der Waals surface area contributed by atoms with E-state index in [0.29, 0.717) is 10.7 Å². The maximum atomic E-state index is 13.1. The molecule has 2 aliphatic rings. The zero-order valence-corrected chi connectivity index (χ0v) is 23.1. The molecule has 1 saturated heterocycles. The van der Waals surface area contributed by atoms with Gasteiger partial charge in [0.15, 0.2) is 10.8 Å². The number of oxime groups is 1. The summed E-state index contributed by atoms with van der Waals surface area (Å²) in [5.74, 6) is 2.03. The third kappa shape index (κ3) is 5.89. The molecule has 2 amide bonds. The highest BCUT2D eigenvalue weighted by Gasteiger charge is 2.53. The van der Waals surface area contributed by atoms with E-state index in [1.807, 2.05) is 0 Å². The smallest absolute Gasteiger partial charge is 0.384 e. The lowest BCUT2D eigenvalue weighted by atomic mass is 10.0. The zero-order valence-electron chi connectivity index (χ0n) is 20.7. The van der Waals surface area contributed by atoms with Gasteiger partial charge in [0.25, 0.3) is 11.8 Å². The molecule has 3 atom stereocenters. The minimum absolute atomic E-state index is 0.0158. The molecule has 0 aliphatic carbocycles. The van der Waals surface area contributed by atoms with Gasteiger partial charge < -0.3 is 36.6 Å². The number of hydrogen-bond acceptors (Lipinski definition) is 15. The molecule has 0 aromatic carbocycles. The highest BCUT2D eigenvalue weighted by Crippen LogP contribution is 2.41. The number of nitrogens with one attached hydrogen (secondary N) is 1. The molecule has 0 bridgehead atoms. The van der Waals surface area contributed by atoms with Crippen LogP contribution in [0.15, 0.2) is 39.2 Å². The van der Waals surface area contributed by atoms with Crippen molar-refractivity contribution in [3.05, 3.63) is 34.6 Å². The summed E-state index contributed by atoms with van der Waals surface area (Å²) in [7, 11) is 0. The Hall–Kier alpha value is -4.10. The summed E-state index contributed by atoms with van der Waals surface area (Å²) in [6.45, 7) is 1.56. The summed E-state index contributed by atoms with van der Waals surface area (Å²) in [4.78, 5) is 63.8. The lowest BCUT2D eigenvalue weighted by Crippen LogP contribution is -2.71. The number of β-lactam (4-membered cyclic amide) rings is 1. The first-order chi connectivity index (χ1) is 19.0. The topological polar surface area (TPSA) is 256 Å². The van der Waals surface area contributed by atoms with Gasteiger partial charge >= 0.3 is 11.1 Å². The van der Waals surface area contributed by atoms with Crippen LogP contribution in [0.5, 0.6) is 0 Å². The number of rotatable bonds is 11. The SMILES string of the molecule is CC[C@@H](O/N=C(\C(=O)NC1C(=O)N2C(C(=O)[O-])=C(CSc3nc(N)cc[n+]3N)CS[C@H]12)c1csc(N)n1)C(=O)O. The van der Waals surface area contributed by atoms with Crippen LogP contribution in [0.1, 0.15) is 19.0 Å². The third-order valence-corrected chi connectivity index (χ3v) is 8.72. The van der Waals surface area contributed by atoms with Crippen molar-refractivity contribution in [2.75, 3.05) is 28.8 Å². The fraction of sp³-hybridized carbons (Fsp3) is 0.333. The number of anilines is 2. The number of fused-ring (bicyclic) bond motifs is 1. The third-order valence-electron chi connectivity index (χ3n) is 5.65. The number of carbonyl (C=O) groups excluding carboxylic acids is 3. The second-order valence-corrected chi connectivity index (χ2v) is 11.2. The van der Waals surface area contributed by atoms with E-state index in [2.05, 4.69) is 20.4 Å². The van der Waals surface area contributed by atoms with Crippen molar-refractivity contribution in [3.63, 3.8) is 0 Å². The van der Waals surface area contributed by atoms with Crippen LogP contribution < -0.4 is 32.4 Å².